The fourth-order valence-corrected chi connectivity index (χ4v) is 2.83. The van der Waals surface area contributed by atoms with E-state index in [4.69, 9.17) is 0 Å². The quantitative estimate of drug-likeness (QED) is 0.875. The van der Waals surface area contributed by atoms with Gasteiger partial charge in [-0.2, -0.15) is 0 Å². The summed E-state index contributed by atoms with van der Waals surface area (Å²) < 4.78 is 28.2. The largest absolute Gasteiger partial charge is 0.314 e. The van der Waals surface area contributed by atoms with Crippen molar-refractivity contribution in [1.82, 2.24) is 10.2 Å². The van der Waals surface area contributed by atoms with Gasteiger partial charge in [0.15, 0.2) is 11.6 Å². The Morgan fingerprint density at radius 2 is 1.68 bits per heavy atom. The highest BCUT2D eigenvalue weighted by Gasteiger charge is 2.27. The maximum atomic E-state index is 14.3. The van der Waals surface area contributed by atoms with E-state index in [-0.39, 0.29) is 30.9 Å². The molecule has 0 radical (unpaired) electrons. The first-order valence-corrected chi connectivity index (χ1v) is 7.40. The van der Waals surface area contributed by atoms with Gasteiger partial charge in [-0.3, -0.25) is 4.90 Å². The molecule has 1 fully saturated rings. The minimum Gasteiger partial charge on any atom is -0.314 e. The second kappa shape index (κ2) is 9.66. The topological polar surface area (TPSA) is 15.3 Å². The van der Waals surface area contributed by atoms with Gasteiger partial charge in [-0.25, -0.2) is 8.78 Å². The summed E-state index contributed by atoms with van der Waals surface area (Å²) in [7, 11) is 0. The molecule has 1 N–H and O–H groups in total. The summed E-state index contributed by atoms with van der Waals surface area (Å²) in [6.45, 7) is 9.42. The number of aryl methyl sites for hydroxylation is 1. The van der Waals surface area contributed by atoms with Gasteiger partial charge in [-0.05, 0) is 24.8 Å². The standard InChI is InChI=1S/C16H24F2N2.2ClH/c1-11(2)10-14(20-8-6-19-7-9-20)13-5-4-12(3)15(17)16(13)18;;/h4-5,11,14,19H,6-10H2,1-3H3;2*1H/t14-;;/m0../s1. The summed E-state index contributed by atoms with van der Waals surface area (Å²) in [6, 6.07) is 3.40. The third kappa shape index (κ3) is 5.05. The van der Waals surface area contributed by atoms with Gasteiger partial charge in [-0.15, -0.1) is 24.8 Å². The first kappa shape index (κ1) is 21.6. The van der Waals surface area contributed by atoms with Crippen LogP contribution in [0.2, 0.25) is 0 Å². The van der Waals surface area contributed by atoms with Gasteiger partial charge < -0.3 is 5.32 Å². The van der Waals surface area contributed by atoms with Crippen molar-refractivity contribution in [3.8, 4) is 0 Å². The van der Waals surface area contributed by atoms with Gasteiger partial charge in [0.1, 0.15) is 0 Å². The number of nitrogens with one attached hydrogen (secondary N) is 1. The SMILES string of the molecule is Cc1ccc([C@H](CC(C)C)N2CCNCC2)c(F)c1F.Cl.Cl. The van der Waals surface area contributed by atoms with Crippen molar-refractivity contribution in [1.29, 1.82) is 0 Å². The lowest BCUT2D eigenvalue weighted by molar-refractivity contribution is 0.150. The Kier molecular flexibility index (Phi) is 9.47. The van der Waals surface area contributed by atoms with Gasteiger partial charge in [0.25, 0.3) is 0 Å². The highest BCUT2D eigenvalue weighted by Crippen LogP contribution is 2.31. The Morgan fingerprint density at radius 3 is 2.23 bits per heavy atom. The van der Waals surface area contributed by atoms with Crippen molar-refractivity contribution in [3.63, 3.8) is 0 Å². The van der Waals surface area contributed by atoms with Crippen LogP contribution < -0.4 is 5.32 Å². The number of nitrogens with zero attached hydrogens (tertiary/aromatic N) is 1. The zero-order chi connectivity index (χ0) is 14.7. The molecule has 128 valence electrons. The number of benzene rings is 1. The lowest BCUT2D eigenvalue weighted by Crippen LogP contribution is -2.45. The molecule has 1 aromatic carbocycles. The van der Waals surface area contributed by atoms with E-state index in [2.05, 4.69) is 24.1 Å². The minimum absolute atomic E-state index is 0. The van der Waals surface area contributed by atoms with Crippen molar-refractivity contribution in [2.45, 2.75) is 33.2 Å². The predicted octanol–water partition coefficient (Wildman–Crippen LogP) is 4.11. The molecule has 6 heteroatoms. The summed E-state index contributed by atoms with van der Waals surface area (Å²) in [5, 5.41) is 3.30. The summed E-state index contributed by atoms with van der Waals surface area (Å²) in [5.41, 5.74) is 0.874. The molecule has 1 aromatic rings. The van der Waals surface area contributed by atoms with Crippen molar-refractivity contribution in [3.05, 3.63) is 34.9 Å². The second-order valence-electron chi connectivity index (χ2n) is 6.03. The van der Waals surface area contributed by atoms with E-state index >= 15 is 0 Å². The average Bonchev–Trinajstić information content (AvgIpc) is 2.44. The molecule has 0 unspecified atom stereocenters. The van der Waals surface area contributed by atoms with Gasteiger partial charge in [0, 0.05) is 37.8 Å². The smallest absolute Gasteiger partial charge is 0.163 e. The molecular weight excluding hydrogens is 329 g/mol. The number of piperazine rings is 1. The Balaban J connectivity index is 0.00000220. The van der Waals surface area contributed by atoms with E-state index in [1.807, 2.05) is 0 Å². The van der Waals surface area contributed by atoms with Crippen LogP contribution >= 0.6 is 24.8 Å². The van der Waals surface area contributed by atoms with Crippen LogP contribution in [-0.4, -0.2) is 31.1 Å². The van der Waals surface area contributed by atoms with Crippen LogP contribution in [0.15, 0.2) is 12.1 Å². The summed E-state index contributed by atoms with van der Waals surface area (Å²) in [4.78, 5) is 2.27. The monoisotopic (exact) mass is 354 g/mol. The third-order valence-corrected chi connectivity index (χ3v) is 3.95. The van der Waals surface area contributed by atoms with Crippen LogP contribution in [-0.2, 0) is 0 Å². The van der Waals surface area contributed by atoms with Crippen molar-refractivity contribution < 1.29 is 8.78 Å². The van der Waals surface area contributed by atoms with E-state index < -0.39 is 11.6 Å². The number of hydrogen-bond donors (Lipinski definition) is 1. The van der Waals surface area contributed by atoms with Gasteiger partial charge in [0.05, 0.1) is 0 Å². The van der Waals surface area contributed by atoms with Crippen LogP contribution in [0.5, 0.6) is 0 Å². The van der Waals surface area contributed by atoms with Crippen molar-refractivity contribution in [2.24, 2.45) is 5.92 Å². The Morgan fingerprint density at radius 1 is 1.09 bits per heavy atom. The van der Waals surface area contributed by atoms with E-state index in [1.54, 1.807) is 19.1 Å². The molecule has 1 heterocycles. The minimum atomic E-state index is -0.702. The molecule has 2 rings (SSSR count). The normalized spacial score (nSPS) is 16.8. The maximum Gasteiger partial charge on any atom is 0.163 e. The molecule has 0 amide bonds. The third-order valence-electron chi connectivity index (χ3n) is 3.95. The summed E-state index contributed by atoms with van der Waals surface area (Å²) >= 11 is 0. The van der Waals surface area contributed by atoms with Crippen LogP contribution in [0, 0.1) is 24.5 Å². The lowest BCUT2D eigenvalue weighted by atomic mass is 9.93. The molecule has 0 saturated carbocycles. The van der Waals surface area contributed by atoms with Crippen LogP contribution in [0.1, 0.15) is 37.4 Å². The Hall–Kier alpha value is -0.420. The molecule has 0 spiro atoms. The molecule has 1 aliphatic rings. The van der Waals surface area contributed by atoms with Crippen LogP contribution in [0.4, 0.5) is 8.78 Å². The average molecular weight is 355 g/mol. The molecule has 2 nitrogen and oxygen atoms in total. The van der Waals surface area contributed by atoms with Crippen molar-refractivity contribution >= 4 is 24.8 Å². The van der Waals surface area contributed by atoms with E-state index in [9.17, 15) is 8.78 Å². The molecule has 1 saturated heterocycles. The zero-order valence-electron chi connectivity index (χ0n) is 13.4. The molecule has 0 aliphatic carbocycles. The highest BCUT2D eigenvalue weighted by atomic mass is 35.5. The van der Waals surface area contributed by atoms with Crippen molar-refractivity contribution in [2.75, 3.05) is 26.2 Å². The Labute approximate surface area is 144 Å². The summed E-state index contributed by atoms with van der Waals surface area (Å²) in [6.07, 6.45) is 0.847. The lowest BCUT2D eigenvalue weighted by Gasteiger charge is -2.36. The van der Waals surface area contributed by atoms with Gasteiger partial charge in [-0.1, -0.05) is 26.0 Å². The maximum absolute atomic E-state index is 14.3. The fraction of sp³-hybridized carbons (Fsp3) is 0.625. The molecule has 0 aromatic heterocycles. The number of hydrogen-bond acceptors (Lipinski definition) is 2. The van der Waals surface area contributed by atoms with E-state index in [0.717, 1.165) is 32.6 Å². The molecular formula is C16H26Cl2F2N2. The molecule has 1 atom stereocenters. The summed E-state index contributed by atoms with van der Waals surface area (Å²) in [5.74, 6) is -0.931. The van der Waals surface area contributed by atoms with E-state index in [0.29, 0.717) is 17.0 Å². The zero-order valence-corrected chi connectivity index (χ0v) is 15.0. The van der Waals surface area contributed by atoms with E-state index in [1.165, 1.54) is 0 Å². The molecule has 0 bridgehead atoms. The Bertz CT molecular complexity index is 464. The van der Waals surface area contributed by atoms with Crippen LogP contribution in [0.25, 0.3) is 0 Å². The van der Waals surface area contributed by atoms with Gasteiger partial charge in [0.2, 0.25) is 0 Å². The second-order valence-corrected chi connectivity index (χ2v) is 6.03. The fourth-order valence-electron chi connectivity index (χ4n) is 2.83. The first-order chi connectivity index (χ1) is 9.50. The number of rotatable bonds is 4. The predicted molar refractivity (Wildman–Crippen MR) is 92.2 cm³/mol. The van der Waals surface area contributed by atoms with Gasteiger partial charge >= 0.3 is 0 Å². The van der Waals surface area contributed by atoms with Crippen LogP contribution in [0.3, 0.4) is 0 Å². The highest BCUT2D eigenvalue weighted by molar-refractivity contribution is 5.85. The number of halogens is 4. The first-order valence-electron chi connectivity index (χ1n) is 7.40. The molecule has 22 heavy (non-hydrogen) atoms. The molecule has 1 aliphatic heterocycles.